The number of carbonyl (C=O) groups excluding carboxylic acids is 1. The maximum absolute atomic E-state index is 11.7. The highest BCUT2D eigenvalue weighted by atomic mass is 79.9. The average Bonchev–Trinajstić information content (AvgIpc) is 2.14. The van der Waals surface area contributed by atoms with Gasteiger partial charge in [0.2, 0.25) is 0 Å². The molecule has 0 saturated heterocycles. The van der Waals surface area contributed by atoms with Crippen molar-refractivity contribution in [2.45, 2.75) is 6.42 Å². The highest BCUT2D eigenvalue weighted by molar-refractivity contribution is 5.96. The molecule has 0 aliphatic rings. The van der Waals surface area contributed by atoms with Crippen LogP contribution in [0, 0.1) is 0 Å². The van der Waals surface area contributed by atoms with Crippen LogP contribution in [-0.4, -0.2) is 43.1 Å². The standard InChI is InChI=1S/C12H17NO2.BrH/c1-13(2,3)9-8-12(15)10-4-6-11(14)7-5-10;/h4-7H,8-9H2,1-3H3;1H. The molecule has 0 unspecified atom stereocenters. The molecule has 0 aliphatic heterocycles. The number of Topliss-reactive ketones (excluding diaryl/α,β-unsaturated/α-hetero) is 1. The first kappa shape index (κ1) is 15.1. The topological polar surface area (TPSA) is 37.3 Å². The van der Waals surface area contributed by atoms with Crippen LogP contribution in [0.4, 0.5) is 0 Å². The van der Waals surface area contributed by atoms with Crippen LogP contribution in [-0.2, 0) is 0 Å². The zero-order valence-electron chi connectivity index (χ0n) is 9.90. The molecule has 0 fully saturated rings. The van der Waals surface area contributed by atoms with Crippen LogP contribution >= 0.6 is 0 Å². The largest absolute Gasteiger partial charge is 1.00 e. The number of phenols is 1. The Balaban J connectivity index is 0.00000225. The summed E-state index contributed by atoms with van der Waals surface area (Å²) in [6.07, 6.45) is 0.536. The molecule has 0 bridgehead atoms. The second-order valence-electron chi connectivity index (χ2n) is 4.73. The predicted octanol–water partition coefficient (Wildman–Crippen LogP) is -1.32. The minimum Gasteiger partial charge on any atom is -1.00 e. The van der Waals surface area contributed by atoms with Crippen LogP contribution in [0.15, 0.2) is 24.3 Å². The minimum absolute atomic E-state index is 0. The molecule has 0 radical (unpaired) electrons. The van der Waals surface area contributed by atoms with Gasteiger partial charge >= 0.3 is 0 Å². The summed E-state index contributed by atoms with van der Waals surface area (Å²) >= 11 is 0. The molecule has 16 heavy (non-hydrogen) atoms. The summed E-state index contributed by atoms with van der Waals surface area (Å²) in [7, 11) is 6.18. The molecule has 0 atom stereocenters. The van der Waals surface area contributed by atoms with Crippen LogP contribution < -0.4 is 17.0 Å². The Labute approximate surface area is 107 Å². The fourth-order valence-corrected chi connectivity index (χ4v) is 1.23. The van der Waals surface area contributed by atoms with Gasteiger partial charge in [-0.25, -0.2) is 0 Å². The van der Waals surface area contributed by atoms with E-state index in [1.165, 1.54) is 0 Å². The van der Waals surface area contributed by atoms with Crippen molar-refractivity contribution in [3.8, 4) is 5.75 Å². The molecule has 0 saturated carbocycles. The second-order valence-corrected chi connectivity index (χ2v) is 4.73. The van der Waals surface area contributed by atoms with E-state index >= 15 is 0 Å². The number of quaternary nitrogens is 1. The lowest BCUT2D eigenvalue weighted by Crippen LogP contribution is -3.00. The van der Waals surface area contributed by atoms with Crippen LogP contribution in [0.25, 0.3) is 0 Å². The number of carbonyl (C=O) groups is 1. The van der Waals surface area contributed by atoms with Crippen molar-refractivity contribution >= 4 is 5.78 Å². The number of ketones is 1. The molecular weight excluding hydrogens is 270 g/mol. The molecule has 1 N–H and O–H groups in total. The highest BCUT2D eigenvalue weighted by Gasteiger charge is 2.12. The van der Waals surface area contributed by atoms with Gasteiger partial charge in [0.05, 0.1) is 34.1 Å². The van der Waals surface area contributed by atoms with Crippen LogP contribution in [0.1, 0.15) is 16.8 Å². The molecular formula is C12H18BrNO2. The van der Waals surface area contributed by atoms with Gasteiger partial charge < -0.3 is 26.6 Å². The maximum Gasteiger partial charge on any atom is 0.168 e. The molecule has 0 heterocycles. The number of nitrogens with zero attached hydrogens (tertiary/aromatic N) is 1. The summed E-state index contributed by atoms with van der Waals surface area (Å²) < 4.78 is 0.782. The fourth-order valence-electron chi connectivity index (χ4n) is 1.23. The fraction of sp³-hybridized carbons (Fsp3) is 0.417. The SMILES string of the molecule is C[N+](C)(C)CCC(=O)c1ccc(O)cc1.[Br-]. The summed E-state index contributed by atoms with van der Waals surface area (Å²) in [4.78, 5) is 11.7. The monoisotopic (exact) mass is 287 g/mol. The van der Waals surface area contributed by atoms with Crippen molar-refractivity contribution in [3.63, 3.8) is 0 Å². The molecule has 1 aromatic carbocycles. The Bertz CT molecular complexity index is 341. The molecule has 1 rings (SSSR count). The number of halogens is 1. The second kappa shape index (κ2) is 6.01. The molecule has 0 amide bonds. The Morgan fingerprint density at radius 2 is 1.69 bits per heavy atom. The van der Waals surface area contributed by atoms with Gasteiger partial charge in [0.15, 0.2) is 5.78 Å². The van der Waals surface area contributed by atoms with Gasteiger partial charge in [-0.3, -0.25) is 4.79 Å². The number of benzene rings is 1. The normalized spacial score (nSPS) is 10.7. The molecule has 4 heteroatoms. The van der Waals surface area contributed by atoms with Crippen molar-refractivity contribution in [1.82, 2.24) is 0 Å². The molecule has 0 aliphatic carbocycles. The number of hydrogen-bond donors (Lipinski definition) is 1. The third kappa shape index (κ3) is 5.28. The van der Waals surface area contributed by atoms with Crippen molar-refractivity contribution < 1.29 is 31.4 Å². The zero-order chi connectivity index (χ0) is 11.5. The first-order valence-electron chi connectivity index (χ1n) is 5.01. The van der Waals surface area contributed by atoms with Crippen molar-refractivity contribution in [3.05, 3.63) is 29.8 Å². The van der Waals surface area contributed by atoms with Gasteiger partial charge in [-0.2, -0.15) is 0 Å². The number of rotatable bonds is 4. The number of hydrogen-bond acceptors (Lipinski definition) is 2. The quantitative estimate of drug-likeness (QED) is 0.551. The minimum atomic E-state index is 0. The van der Waals surface area contributed by atoms with Gasteiger partial charge in [0, 0.05) is 5.56 Å². The third-order valence-electron chi connectivity index (χ3n) is 2.20. The van der Waals surface area contributed by atoms with Crippen LogP contribution in [0.2, 0.25) is 0 Å². The summed E-state index contributed by atoms with van der Waals surface area (Å²) in [6.45, 7) is 0.819. The van der Waals surface area contributed by atoms with Gasteiger partial charge in [-0.15, -0.1) is 0 Å². The average molecular weight is 288 g/mol. The van der Waals surface area contributed by atoms with Gasteiger partial charge in [-0.05, 0) is 24.3 Å². The molecule has 0 aromatic heterocycles. The lowest BCUT2D eigenvalue weighted by molar-refractivity contribution is -0.869. The number of aromatic hydroxyl groups is 1. The highest BCUT2D eigenvalue weighted by Crippen LogP contribution is 2.11. The molecule has 1 aromatic rings. The Hall–Kier alpha value is -0.870. The van der Waals surface area contributed by atoms with Crippen molar-refractivity contribution in [2.75, 3.05) is 27.7 Å². The smallest absolute Gasteiger partial charge is 0.168 e. The predicted molar refractivity (Wildman–Crippen MR) is 60.0 cm³/mol. The molecule has 0 spiro atoms. The summed E-state index contributed by atoms with van der Waals surface area (Å²) in [6, 6.07) is 6.40. The number of phenolic OH excluding ortho intramolecular Hbond substituents is 1. The van der Waals surface area contributed by atoms with Gasteiger partial charge in [0.25, 0.3) is 0 Å². The van der Waals surface area contributed by atoms with E-state index in [0.717, 1.165) is 11.0 Å². The van der Waals surface area contributed by atoms with E-state index in [-0.39, 0.29) is 28.5 Å². The Kier molecular flexibility index (Phi) is 5.68. The Morgan fingerprint density at radius 3 is 2.12 bits per heavy atom. The summed E-state index contributed by atoms with van der Waals surface area (Å²) in [5.74, 6) is 0.321. The molecule has 3 nitrogen and oxygen atoms in total. The van der Waals surface area contributed by atoms with Gasteiger partial charge in [-0.1, -0.05) is 0 Å². The van der Waals surface area contributed by atoms with Crippen molar-refractivity contribution in [1.29, 1.82) is 0 Å². The van der Waals surface area contributed by atoms with E-state index in [0.29, 0.717) is 12.0 Å². The van der Waals surface area contributed by atoms with E-state index in [1.54, 1.807) is 24.3 Å². The first-order chi connectivity index (χ1) is 6.88. The van der Waals surface area contributed by atoms with Crippen LogP contribution in [0.5, 0.6) is 5.75 Å². The van der Waals surface area contributed by atoms with E-state index in [9.17, 15) is 4.79 Å². The van der Waals surface area contributed by atoms with Crippen LogP contribution in [0.3, 0.4) is 0 Å². The van der Waals surface area contributed by atoms with E-state index in [1.807, 2.05) is 0 Å². The summed E-state index contributed by atoms with van der Waals surface area (Å²) in [5, 5.41) is 9.08. The lowest BCUT2D eigenvalue weighted by Gasteiger charge is -2.23. The van der Waals surface area contributed by atoms with E-state index < -0.39 is 0 Å². The lowest BCUT2D eigenvalue weighted by atomic mass is 10.1. The van der Waals surface area contributed by atoms with Crippen molar-refractivity contribution in [2.24, 2.45) is 0 Å². The van der Waals surface area contributed by atoms with E-state index in [4.69, 9.17) is 5.11 Å². The summed E-state index contributed by atoms with van der Waals surface area (Å²) in [5.41, 5.74) is 0.668. The zero-order valence-corrected chi connectivity index (χ0v) is 11.5. The first-order valence-corrected chi connectivity index (χ1v) is 5.01. The van der Waals surface area contributed by atoms with Gasteiger partial charge in [0.1, 0.15) is 5.75 Å². The third-order valence-corrected chi connectivity index (χ3v) is 2.20. The Morgan fingerprint density at radius 1 is 1.19 bits per heavy atom. The maximum atomic E-state index is 11.7. The van der Waals surface area contributed by atoms with E-state index in [2.05, 4.69) is 21.1 Å². The molecule has 90 valence electrons.